The molecule has 1 aliphatic heterocycles. The molecule has 0 aromatic heterocycles. The maximum Gasteiger partial charge on any atom is 0.123 e. The Kier molecular flexibility index (Phi) is 3.56. The van der Waals surface area contributed by atoms with Crippen LogP contribution in [0.3, 0.4) is 0 Å². The van der Waals surface area contributed by atoms with Crippen molar-refractivity contribution in [3.8, 4) is 0 Å². The quantitative estimate of drug-likeness (QED) is 0.532. The van der Waals surface area contributed by atoms with Crippen molar-refractivity contribution in [1.82, 2.24) is 10.8 Å². The van der Waals surface area contributed by atoms with Crippen LogP contribution in [0.1, 0.15) is 27.2 Å². The molecule has 0 spiro atoms. The maximum absolute atomic E-state index is 5.30. The number of nitrogens with one attached hydrogen (secondary N) is 2. The van der Waals surface area contributed by atoms with Crippen LogP contribution in [-0.2, 0) is 4.84 Å². The number of hydrogen-bond acceptors (Lipinski definition) is 3. The zero-order chi connectivity index (χ0) is 10.8. The van der Waals surface area contributed by atoms with Crippen molar-refractivity contribution in [2.24, 2.45) is 11.3 Å². The lowest BCUT2D eigenvalue weighted by molar-refractivity contribution is 0.0509. The van der Waals surface area contributed by atoms with E-state index >= 15 is 0 Å². The van der Waals surface area contributed by atoms with Gasteiger partial charge in [-0.3, -0.25) is 0 Å². The van der Waals surface area contributed by atoms with E-state index in [9.17, 15) is 0 Å². The van der Waals surface area contributed by atoms with Crippen molar-refractivity contribution in [1.29, 1.82) is 0 Å². The Morgan fingerprint density at radius 3 is 2.64 bits per heavy atom. The number of rotatable bonds is 4. The zero-order valence-corrected chi connectivity index (χ0v) is 9.68. The Bertz CT molecular complexity index is 213. The predicted molar refractivity (Wildman–Crippen MR) is 58.6 cm³/mol. The first-order valence-corrected chi connectivity index (χ1v) is 5.26. The van der Waals surface area contributed by atoms with Crippen LogP contribution in [0.25, 0.3) is 0 Å². The Morgan fingerprint density at radius 2 is 2.21 bits per heavy atom. The topological polar surface area (TPSA) is 33.3 Å². The van der Waals surface area contributed by atoms with Crippen molar-refractivity contribution >= 4 is 0 Å². The van der Waals surface area contributed by atoms with Gasteiger partial charge in [-0.05, 0) is 25.8 Å². The summed E-state index contributed by atoms with van der Waals surface area (Å²) in [4.78, 5) is 5.30. The fourth-order valence-electron chi connectivity index (χ4n) is 2.31. The molecule has 1 saturated heterocycles. The molecule has 2 atom stereocenters. The third-order valence-electron chi connectivity index (χ3n) is 3.40. The van der Waals surface area contributed by atoms with Gasteiger partial charge in [-0.2, -0.15) is 5.48 Å². The van der Waals surface area contributed by atoms with Gasteiger partial charge in [0.1, 0.15) is 5.76 Å². The summed E-state index contributed by atoms with van der Waals surface area (Å²) in [6.07, 6.45) is 1.19. The van der Waals surface area contributed by atoms with Crippen LogP contribution in [0, 0.1) is 11.3 Å². The molecule has 1 aliphatic rings. The first-order valence-electron chi connectivity index (χ1n) is 5.26. The Labute approximate surface area is 86.9 Å². The van der Waals surface area contributed by atoms with Gasteiger partial charge in [-0.15, -0.1) is 0 Å². The summed E-state index contributed by atoms with van der Waals surface area (Å²) in [6, 6.07) is 0.544. The van der Waals surface area contributed by atoms with Gasteiger partial charge in [0, 0.05) is 18.5 Å². The fraction of sp³-hybridized carbons (Fsp3) is 0.818. The van der Waals surface area contributed by atoms with E-state index in [-0.39, 0.29) is 5.41 Å². The van der Waals surface area contributed by atoms with Crippen LogP contribution in [0.5, 0.6) is 0 Å². The molecule has 1 heterocycles. The normalized spacial score (nSPS) is 27.7. The molecule has 0 radical (unpaired) electrons. The highest BCUT2D eigenvalue weighted by molar-refractivity contribution is 5.05. The second-order valence-corrected chi connectivity index (χ2v) is 4.59. The van der Waals surface area contributed by atoms with Crippen molar-refractivity contribution in [3.05, 3.63) is 12.3 Å². The molecule has 1 rings (SSSR count). The van der Waals surface area contributed by atoms with Gasteiger partial charge in [0.15, 0.2) is 0 Å². The first kappa shape index (κ1) is 11.5. The Balaban J connectivity index is 2.67. The SMILES string of the molecule is C=C(ONC)C(C)(C)[C@H]1CCNC1C. The van der Waals surface area contributed by atoms with E-state index in [2.05, 4.69) is 38.1 Å². The van der Waals surface area contributed by atoms with E-state index in [0.29, 0.717) is 12.0 Å². The second kappa shape index (κ2) is 4.32. The molecule has 82 valence electrons. The highest BCUT2D eigenvalue weighted by Gasteiger charge is 2.39. The first-order chi connectivity index (χ1) is 6.50. The molecule has 3 nitrogen and oxygen atoms in total. The van der Waals surface area contributed by atoms with Crippen LogP contribution in [0.2, 0.25) is 0 Å². The molecule has 0 aromatic rings. The van der Waals surface area contributed by atoms with E-state index in [4.69, 9.17) is 4.84 Å². The zero-order valence-electron chi connectivity index (χ0n) is 9.68. The van der Waals surface area contributed by atoms with Crippen molar-refractivity contribution in [2.45, 2.75) is 33.2 Å². The van der Waals surface area contributed by atoms with Crippen molar-refractivity contribution in [2.75, 3.05) is 13.6 Å². The van der Waals surface area contributed by atoms with Gasteiger partial charge in [0.2, 0.25) is 0 Å². The van der Waals surface area contributed by atoms with Gasteiger partial charge in [-0.1, -0.05) is 20.4 Å². The molecule has 0 aliphatic carbocycles. The average Bonchev–Trinajstić information content (AvgIpc) is 2.52. The number of allylic oxidation sites excluding steroid dienone is 1. The average molecular weight is 198 g/mol. The lowest BCUT2D eigenvalue weighted by Gasteiger charge is -2.34. The Hall–Kier alpha value is -0.540. The number of hydrogen-bond donors (Lipinski definition) is 2. The van der Waals surface area contributed by atoms with E-state index < -0.39 is 0 Å². The van der Waals surface area contributed by atoms with E-state index in [0.717, 1.165) is 12.3 Å². The summed E-state index contributed by atoms with van der Waals surface area (Å²) in [5.41, 5.74) is 2.71. The Morgan fingerprint density at radius 1 is 1.57 bits per heavy atom. The smallest absolute Gasteiger partial charge is 0.123 e. The predicted octanol–water partition coefficient (Wildman–Crippen LogP) is 1.68. The van der Waals surface area contributed by atoms with Gasteiger partial charge < -0.3 is 10.2 Å². The molecule has 1 fully saturated rings. The monoisotopic (exact) mass is 198 g/mol. The summed E-state index contributed by atoms with van der Waals surface area (Å²) in [6.45, 7) is 11.7. The van der Waals surface area contributed by atoms with Crippen LogP contribution in [-0.4, -0.2) is 19.6 Å². The molecule has 0 aromatic carbocycles. The third kappa shape index (κ3) is 2.10. The molecule has 0 amide bonds. The van der Waals surface area contributed by atoms with E-state index in [1.54, 1.807) is 7.05 Å². The minimum absolute atomic E-state index is 0.0198. The van der Waals surface area contributed by atoms with Crippen LogP contribution in [0.4, 0.5) is 0 Å². The van der Waals surface area contributed by atoms with Crippen molar-refractivity contribution < 1.29 is 4.84 Å². The summed E-state index contributed by atoms with van der Waals surface area (Å²) < 4.78 is 0. The molecule has 14 heavy (non-hydrogen) atoms. The number of hydroxylamine groups is 1. The fourth-order valence-corrected chi connectivity index (χ4v) is 2.31. The third-order valence-corrected chi connectivity index (χ3v) is 3.40. The van der Waals surface area contributed by atoms with E-state index in [1.807, 2.05) is 0 Å². The molecule has 0 bridgehead atoms. The van der Waals surface area contributed by atoms with Crippen LogP contribution in [0.15, 0.2) is 12.3 Å². The summed E-state index contributed by atoms with van der Waals surface area (Å²) in [5, 5.41) is 3.46. The molecular formula is C11H22N2O. The molecule has 1 unspecified atom stereocenters. The molecule has 3 heteroatoms. The molecular weight excluding hydrogens is 176 g/mol. The van der Waals surface area contributed by atoms with Gasteiger partial charge >= 0.3 is 0 Å². The standard InChI is InChI=1S/C11H22N2O/c1-8-10(6-7-13-8)11(3,4)9(2)14-12-5/h8,10,12-13H,2,6-7H2,1,3-5H3/t8?,10-/m0/s1. The summed E-state index contributed by atoms with van der Waals surface area (Å²) >= 11 is 0. The highest BCUT2D eigenvalue weighted by atomic mass is 16.6. The lowest BCUT2D eigenvalue weighted by Crippen LogP contribution is -2.36. The minimum atomic E-state index is 0.0198. The molecule has 2 N–H and O–H groups in total. The summed E-state index contributed by atoms with van der Waals surface area (Å²) in [5.74, 6) is 1.42. The van der Waals surface area contributed by atoms with Gasteiger partial charge in [-0.25, -0.2) is 0 Å². The van der Waals surface area contributed by atoms with Crippen LogP contribution < -0.4 is 10.8 Å². The van der Waals surface area contributed by atoms with Crippen LogP contribution >= 0.6 is 0 Å². The minimum Gasteiger partial charge on any atom is -0.414 e. The lowest BCUT2D eigenvalue weighted by atomic mass is 9.74. The van der Waals surface area contributed by atoms with Gasteiger partial charge in [0.05, 0.1) is 0 Å². The van der Waals surface area contributed by atoms with E-state index in [1.165, 1.54) is 6.42 Å². The highest BCUT2D eigenvalue weighted by Crippen LogP contribution is 2.40. The van der Waals surface area contributed by atoms with Gasteiger partial charge in [0.25, 0.3) is 0 Å². The van der Waals surface area contributed by atoms with Crippen molar-refractivity contribution in [3.63, 3.8) is 0 Å². The summed E-state index contributed by atoms with van der Waals surface area (Å²) in [7, 11) is 1.76. The molecule has 0 saturated carbocycles. The second-order valence-electron chi connectivity index (χ2n) is 4.59. The maximum atomic E-state index is 5.30. The largest absolute Gasteiger partial charge is 0.414 e.